The van der Waals surface area contributed by atoms with E-state index in [9.17, 15) is 14.4 Å². The number of hydrogen-bond acceptors (Lipinski definition) is 4. The first kappa shape index (κ1) is 16.8. The Balaban J connectivity index is 1.45. The molecule has 2 N–H and O–H groups in total. The molecule has 4 fully saturated rings. The van der Waals surface area contributed by atoms with E-state index < -0.39 is 5.54 Å². The lowest BCUT2D eigenvalue weighted by molar-refractivity contribution is -0.140. The van der Waals surface area contributed by atoms with E-state index in [0.717, 1.165) is 32.1 Å². The van der Waals surface area contributed by atoms with Crippen LogP contribution in [-0.4, -0.2) is 70.8 Å². The molecule has 2 saturated carbocycles. The lowest BCUT2D eigenvalue weighted by Crippen LogP contribution is -2.49. The Morgan fingerprint density at radius 3 is 2.56 bits per heavy atom. The van der Waals surface area contributed by atoms with Crippen molar-refractivity contribution in [2.75, 3.05) is 26.7 Å². The third-order valence-corrected chi connectivity index (χ3v) is 7.04. The molecule has 138 valence electrons. The molecule has 4 aliphatic rings. The molecule has 7 heteroatoms. The van der Waals surface area contributed by atoms with Crippen LogP contribution in [0.5, 0.6) is 0 Å². The maximum absolute atomic E-state index is 13.0. The Hall–Kier alpha value is -1.63. The molecule has 7 nitrogen and oxygen atoms in total. The van der Waals surface area contributed by atoms with Crippen molar-refractivity contribution in [3.05, 3.63) is 0 Å². The van der Waals surface area contributed by atoms with Gasteiger partial charge < -0.3 is 15.5 Å². The van der Waals surface area contributed by atoms with Gasteiger partial charge in [0.2, 0.25) is 5.91 Å². The number of amides is 4. The molecule has 2 saturated heterocycles. The van der Waals surface area contributed by atoms with Crippen LogP contribution in [0.4, 0.5) is 4.79 Å². The van der Waals surface area contributed by atoms with Crippen molar-refractivity contribution in [3.63, 3.8) is 0 Å². The van der Waals surface area contributed by atoms with Gasteiger partial charge in [-0.25, -0.2) is 4.79 Å². The molecule has 3 unspecified atom stereocenters. The normalized spacial score (nSPS) is 34.3. The number of carbonyl (C=O) groups excluding carboxylic acids is 3. The molecule has 0 aromatic heterocycles. The minimum Gasteiger partial charge on any atom is -0.341 e. The Morgan fingerprint density at radius 1 is 1.16 bits per heavy atom. The molecule has 0 aromatic rings. The number of urea groups is 1. The van der Waals surface area contributed by atoms with Gasteiger partial charge >= 0.3 is 6.03 Å². The van der Waals surface area contributed by atoms with Crippen LogP contribution in [-0.2, 0) is 9.59 Å². The monoisotopic (exact) mass is 348 g/mol. The highest BCUT2D eigenvalue weighted by Gasteiger charge is 2.56. The smallest absolute Gasteiger partial charge is 0.327 e. The second kappa shape index (κ2) is 5.97. The van der Waals surface area contributed by atoms with Gasteiger partial charge in [0, 0.05) is 26.2 Å². The molecule has 2 heterocycles. The number of carbonyl (C=O) groups is 3. The lowest BCUT2D eigenvalue weighted by atomic mass is 9.81. The van der Waals surface area contributed by atoms with Crippen LogP contribution in [0.3, 0.4) is 0 Å². The van der Waals surface area contributed by atoms with Gasteiger partial charge in [0.25, 0.3) is 5.91 Å². The number of fused-ring (bicyclic) bond motifs is 1. The fourth-order valence-electron chi connectivity index (χ4n) is 5.42. The van der Waals surface area contributed by atoms with E-state index in [4.69, 9.17) is 5.73 Å². The van der Waals surface area contributed by atoms with E-state index in [1.165, 1.54) is 4.90 Å². The Morgan fingerprint density at radius 2 is 1.88 bits per heavy atom. The van der Waals surface area contributed by atoms with Gasteiger partial charge in [-0.1, -0.05) is 19.3 Å². The quantitative estimate of drug-likeness (QED) is 0.747. The number of likely N-dealkylation sites (tertiary alicyclic amines) is 1. The maximum atomic E-state index is 13.0. The molecular formula is C18H28N4O3. The van der Waals surface area contributed by atoms with Gasteiger partial charge in [0.1, 0.15) is 12.1 Å². The molecule has 4 rings (SSSR count). The van der Waals surface area contributed by atoms with Crippen molar-refractivity contribution in [2.45, 2.75) is 56.5 Å². The zero-order chi connectivity index (χ0) is 17.8. The summed E-state index contributed by atoms with van der Waals surface area (Å²) in [6.45, 7) is 1.26. The van der Waals surface area contributed by atoms with Crippen LogP contribution in [0.25, 0.3) is 0 Å². The van der Waals surface area contributed by atoms with Crippen LogP contribution in [0.2, 0.25) is 0 Å². The van der Waals surface area contributed by atoms with Crippen LogP contribution in [0, 0.1) is 11.8 Å². The van der Waals surface area contributed by atoms with E-state index in [2.05, 4.69) is 0 Å². The molecular weight excluding hydrogens is 320 g/mol. The Bertz CT molecular complexity index is 601. The van der Waals surface area contributed by atoms with Crippen LogP contribution in [0.15, 0.2) is 0 Å². The van der Waals surface area contributed by atoms with E-state index in [1.54, 1.807) is 16.8 Å². The summed E-state index contributed by atoms with van der Waals surface area (Å²) in [6, 6.07) is -0.147. The predicted octanol–water partition coefficient (Wildman–Crippen LogP) is 0.779. The summed E-state index contributed by atoms with van der Waals surface area (Å²) in [6.07, 6.45) is 6.55. The van der Waals surface area contributed by atoms with Crippen LogP contribution < -0.4 is 5.73 Å². The number of rotatable bonds is 2. The van der Waals surface area contributed by atoms with E-state index in [0.29, 0.717) is 37.8 Å². The molecule has 2 aliphatic carbocycles. The molecule has 4 amide bonds. The molecule has 2 aliphatic heterocycles. The average Bonchev–Trinajstić information content (AvgIpc) is 3.24. The Labute approximate surface area is 148 Å². The summed E-state index contributed by atoms with van der Waals surface area (Å²) in [5, 5.41) is 0. The van der Waals surface area contributed by atoms with Gasteiger partial charge in [-0.05, 0) is 37.5 Å². The SMILES string of the molecule is CN1C(=O)N(CC(=O)N2CC3CCC(N)C3C2)C(=O)C12CCCCC2. The van der Waals surface area contributed by atoms with Crippen LogP contribution >= 0.6 is 0 Å². The van der Waals surface area contributed by atoms with Crippen molar-refractivity contribution < 1.29 is 14.4 Å². The summed E-state index contributed by atoms with van der Waals surface area (Å²) < 4.78 is 0. The first-order valence-corrected chi connectivity index (χ1v) is 9.57. The average molecular weight is 348 g/mol. The van der Waals surface area contributed by atoms with Crippen molar-refractivity contribution in [1.29, 1.82) is 0 Å². The van der Waals surface area contributed by atoms with E-state index >= 15 is 0 Å². The van der Waals surface area contributed by atoms with Gasteiger partial charge in [-0.2, -0.15) is 0 Å². The molecule has 25 heavy (non-hydrogen) atoms. The highest BCUT2D eigenvalue weighted by atomic mass is 16.2. The van der Waals surface area contributed by atoms with Crippen molar-refractivity contribution in [2.24, 2.45) is 17.6 Å². The minimum absolute atomic E-state index is 0.121. The number of hydrogen-bond donors (Lipinski definition) is 1. The zero-order valence-electron chi connectivity index (χ0n) is 14.9. The first-order chi connectivity index (χ1) is 11.9. The molecule has 1 spiro atoms. The first-order valence-electron chi connectivity index (χ1n) is 9.57. The van der Waals surface area contributed by atoms with Crippen LogP contribution in [0.1, 0.15) is 44.9 Å². The minimum atomic E-state index is -0.709. The second-order valence-corrected chi connectivity index (χ2v) is 8.29. The molecule has 0 aromatic carbocycles. The van der Waals surface area contributed by atoms with Gasteiger partial charge in [0.15, 0.2) is 0 Å². The zero-order valence-corrected chi connectivity index (χ0v) is 14.9. The highest BCUT2D eigenvalue weighted by Crippen LogP contribution is 2.40. The van der Waals surface area contributed by atoms with Gasteiger partial charge in [-0.15, -0.1) is 0 Å². The fraction of sp³-hybridized carbons (Fsp3) is 0.833. The van der Waals surface area contributed by atoms with E-state index in [-0.39, 0.29) is 30.4 Å². The van der Waals surface area contributed by atoms with Gasteiger partial charge in [-0.3, -0.25) is 14.5 Å². The molecule has 0 bridgehead atoms. The van der Waals surface area contributed by atoms with Crippen molar-refractivity contribution in [3.8, 4) is 0 Å². The third kappa shape index (κ3) is 2.46. The summed E-state index contributed by atoms with van der Waals surface area (Å²) in [5.74, 6) is 0.561. The fourth-order valence-corrected chi connectivity index (χ4v) is 5.42. The number of nitrogens with two attached hydrogens (primary N) is 1. The third-order valence-electron chi connectivity index (χ3n) is 7.04. The Kier molecular flexibility index (Phi) is 4.02. The van der Waals surface area contributed by atoms with E-state index in [1.807, 2.05) is 0 Å². The summed E-state index contributed by atoms with van der Waals surface area (Å²) in [4.78, 5) is 42.9. The largest absolute Gasteiger partial charge is 0.341 e. The summed E-state index contributed by atoms with van der Waals surface area (Å²) in [7, 11) is 1.70. The number of nitrogens with zero attached hydrogens (tertiary/aromatic N) is 3. The second-order valence-electron chi connectivity index (χ2n) is 8.29. The molecule has 0 radical (unpaired) electrons. The number of likely N-dealkylation sites (N-methyl/N-ethyl adjacent to an activating group) is 1. The highest BCUT2D eigenvalue weighted by molar-refractivity contribution is 6.08. The van der Waals surface area contributed by atoms with Gasteiger partial charge in [0.05, 0.1) is 0 Å². The summed E-state index contributed by atoms with van der Waals surface area (Å²) >= 11 is 0. The summed E-state index contributed by atoms with van der Waals surface area (Å²) in [5.41, 5.74) is 5.43. The van der Waals surface area contributed by atoms with Crippen molar-refractivity contribution >= 4 is 17.8 Å². The maximum Gasteiger partial charge on any atom is 0.327 e. The van der Waals surface area contributed by atoms with Crippen molar-refractivity contribution in [1.82, 2.24) is 14.7 Å². The lowest BCUT2D eigenvalue weighted by Gasteiger charge is -2.35. The predicted molar refractivity (Wildman–Crippen MR) is 91.5 cm³/mol. The standard InChI is InChI=1S/C18H28N4O3/c1-20-17(25)22(16(24)18(20)7-3-2-4-8-18)11-15(23)21-9-12-5-6-14(19)13(12)10-21/h12-14H,2-11,19H2,1H3. The molecule has 3 atom stereocenters. The number of imide groups is 1. The topological polar surface area (TPSA) is 87.0 Å².